The second-order valence-electron chi connectivity index (χ2n) is 3.63. The monoisotopic (exact) mass is 251 g/mol. The molecule has 0 atom stereocenters. The Morgan fingerprint density at radius 1 is 1.41 bits per heavy atom. The lowest BCUT2D eigenvalue weighted by Crippen LogP contribution is -2.22. The van der Waals surface area contributed by atoms with Crippen molar-refractivity contribution in [2.75, 3.05) is 18.0 Å². The van der Waals surface area contributed by atoms with Crippen LogP contribution in [-0.4, -0.2) is 22.4 Å². The van der Waals surface area contributed by atoms with Crippen LogP contribution in [0.1, 0.15) is 13.8 Å². The second-order valence-corrected chi connectivity index (χ2v) is 4.47. The summed E-state index contributed by atoms with van der Waals surface area (Å²) in [6.45, 7) is 5.48. The van der Waals surface area contributed by atoms with Crippen molar-refractivity contribution < 1.29 is 4.92 Å². The molecule has 0 N–H and O–H groups in total. The number of hydrogen-bond donors (Lipinski definition) is 0. The average Bonchev–Trinajstić information content (AvgIpc) is 2.76. The molecule has 6 heteroatoms. The minimum absolute atomic E-state index is 0.154. The number of nitro benzene ring substituents is 1. The van der Waals surface area contributed by atoms with Gasteiger partial charge in [-0.3, -0.25) is 10.1 Å². The molecule has 0 unspecified atom stereocenters. The third-order valence-electron chi connectivity index (χ3n) is 2.75. The maximum atomic E-state index is 11.1. The second kappa shape index (κ2) is 4.67. The number of fused-ring (bicyclic) bond motifs is 1. The molecule has 2 rings (SSSR count). The maximum absolute atomic E-state index is 11.1. The maximum Gasteiger partial charge on any atom is 0.293 e. The highest BCUT2D eigenvalue weighted by atomic mass is 32.1. The summed E-state index contributed by atoms with van der Waals surface area (Å²) in [7, 11) is 0. The summed E-state index contributed by atoms with van der Waals surface area (Å²) in [6.07, 6.45) is 1.67. The van der Waals surface area contributed by atoms with Crippen LogP contribution in [0.15, 0.2) is 18.3 Å². The molecule has 0 aliphatic carbocycles. The van der Waals surface area contributed by atoms with Gasteiger partial charge in [-0.15, -0.1) is 0 Å². The number of nitro groups is 1. The van der Waals surface area contributed by atoms with Crippen LogP contribution in [0.3, 0.4) is 0 Å². The fourth-order valence-corrected chi connectivity index (χ4v) is 2.52. The predicted molar refractivity (Wildman–Crippen MR) is 69.8 cm³/mol. The van der Waals surface area contributed by atoms with Crippen LogP contribution < -0.4 is 4.90 Å². The number of benzene rings is 1. The molecule has 1 heterocycles. The first kappa shape index (κ1) is 11.8. The molecule has 0 fully saturated rings. The van der Waals surface area contributed by atoms with Gasteiger partial charge in [0, 0.05) is 30.7 Å². The predicted octanol–water partition coefficient (Wildman–Crippen LogP) is 3.05. The third-order valence-corrected chi connectivity index (χ3v) is 3.51. The molecule has 0 bridgehead atoms. The molecule has 1 aromatic heterocycles. The Morgan fingerprint density at radius 2 is 2.12 bits per heavy atom. The molecule has 0 spiro atoms. The van der Waals surface area contributed by atoms with Crippen LogP contribution in [0.5, 0.6) is 0 Å². The van der Waals surface area contributed by atoms with E-state index in [0.29, 0.717) is 5.69 Å². The van der Waals surface area contributed by atoms with E-state index >= 15 is 0 Å². The number of hydrogen-bond acceptors (Lipinski definition) is 5. The molecule has 0 aliphatic heterocycles. The van der Waals surface area contributed by atoms with Gasteiger partial charge in [0.25, 0.3) is 5.69 Å². The Hall–Kier alpha value is -1.69. The van der Waals surface area contributed by atoms with Gasteiger partial charge < -0.3 is 4.90 Å². The van der Waals surface area contributed by atoms with Gasteiger partial charge in [-0.25, -0.2) is 0 Å². The lowest BCUT2D eigenvalue weighted by atomic mass is 10.2. The van der Waals surface area contributed by atoms with Crippen LogP contribution >= 0.6 is 11.5 Å². The van der Waals surface area contributed by atoms with Gasteiger partial charge in [0.2, 0.25) is 0 Å². The van der Waals surface area contributed by atoms with Gasteiger partial charge in [-0.1, -0.05) is 0 Å². The smallest absolute Gasteiger partial charge is 0.293 e. The standard InChI is InChI=1S/C11H13N3O2S/c1-3-13(4-2)9-6-11-8(7-12-17-11)5-10(9)14(15)16/h5-7H,3-4H2,1-2H3. The fraction of sp³-hybridized carbons (Fsp3) is 0.364. The molecule has 0 aliphatic rings. The minimum atomic E-state index is -0.329. The highest BCUT2D eigenvalue weighted by Gasteiger charge is 2.19. The van der Waals surface area contributed by atoms with Gasteiger partial charge in [0.05, 0.1) is 9.62 Å². The molecule has 2 aromatic rings. The minimum Gasteiger partial charge on any atom is -0.367 e. The number of rotatable bonds is 4. The molecular formula is C11H13N3O2S. The molecule has 90 valence electrons. The van der Waals surface area contributed by atoms with Crippen molar-refractivity contribution in [2.45, 2.75) is 13.8 Å². The van der Waals surface area contributed by atoms with E-state index in [0.717, 1.165) is 23.2 Å². The Balaban J connectivity index is 2.64. The number of nitrogens with zero attached hydrogens (tertiary/aromatic N) is 3. The molecule has 1 aromatic carbocycles. The van der Waals surface area contributed by atoms with E-state index in [1.807, 2.05) is 24.8 Å². The van der Waals surface area contributed by atoms with Crippen molar-refractivity contribution >= 4 is 33.0 Å². The summed E-state index contributed by atoms with van der Waals surface area (Å²) >= 11 is 1.36. The Labute approximate surface area is 103 Å². The molecule has 0 amide bonds. The van der Waals surface area contributed by atoms with Gasteiger partial charge in [0.1, 0.15) is 5.69 Å². The van der Waals surface area contributed by atoms with Crippen molar-refractivity contribution in [3.8, 4) is 0 Å². The van der Waals surface area contributed by atoms with Crippen molar-refractivity contribution in [1.82, 2.24) is 4.37 Å². The molecular weight excluding hydrogens is 238 g/mol. The van der Waals surface area contributed by atoms with E-state index in [9.17, 15) is 10.1 Å². The van der Waals surface area contributed by atoms with Crippen LogP contribution in [0.2, 0.25) is 0 Å². The first-order valence-electron chi connectivity index (χ1n) is 5.45. The van der Waals surface area contributed by atoms with Gasteiger partial charge >= 0.3 is 0 Å². The van der Waals surface area contributed by atoms with Gasteiger partial charge in [-0.05, 0) is 31.4 Å². The van der Waals surface area contributed by atoms with Crippen molar-refractivity contribution in [3.05, 3.63) is 28.4 Å². The molecule has 0 saturated heterocycles. The van der Waals surface area contributed by atoms with Crippen LogP contribution in [-0.2, 0) is 0 Å². The highest BCUT2D eigenvalue weighted by Crippen LogP contribution is 2.34. The van der Waals surface area contributed by atoms with Crippen molar-refractivity contribution in [1.29, 1.82) is 0 Å². The first-order valence-corrected chi connectivity index (χ1v) is 6.22. The van der Waals surface area contributed by atoms with E-state index in [2.05, 4.69) is 4.37 Å². The average molecular weight is 251 g/mol. The van der Waals surface area contributed by atoms with Crippen LogP contribution in [0.4, 0.5) is 11.4 Å². The SMILES string of the molecule is CCN(CC)c1cc2sncc2cc1[N+](=O)[O-]. The summed E-state index contributed by atoms with van der Waals surface area (Å²) in [5.74, 6) is 0. The zero-order chi connectivity index (χ0) is 12.4. The Kier molecular flexibility index (Phi) is 3.23. The Morgan fingerprint density at radius 3 is 2.71 bits per heavy atom. The zero-order valence-corrected chi connectivity index (χ0v) is 10.5. The normalized spacial score (nSPS) is 10.7. The van der Waals surface area contributed by atoms with Gasteiger partial charge in [-0.2, -0.15) is 4.37 Å². The summed E-state index contributed by atoms with van der Waals surface area (Å²) < 4.78 is 5.04. The van der Waals surface area contributed by atoms with Crippen molar-refractivity contribution in [3.63, 3.8) is 0 Å². The lowest BCUT2D eigenvalue weighted by Gasteiger charge is -2.20. The Bertz CT molecular complexity index is 549. The highest BCUT2D eigenvalue weighted by molar-refractivity contribution is 7.13. The number of aromatic nitrogens is 1. The van der Waals surface area contributed by atoms with Crippen LogP contribution in [0.25, 0.3) is 10.1 Å². The quantitative estimate of drug-likeness (QED) is 0.619. The molecule has 5 nitrogen and oxygen atoms in total. The molecule has 0 saturated carbocycles. The van der Waals surface area contributed by atoms with E-state index in [-0.39, 0.29) is 10.6 Å². The number of anilines is 1. The molecule has 0 radical (unpaired) electrons. The van der Waals surface area contributed by atoms with E-state index in [1.165, 1.54) is 11.5 Å². The summed E-state index contributed by atoms with van der Waals surface area (Å²) in [4.78, 5) is 12.7. The lowest BCUT2D eigenvalue weighted by molar-refractivity contribution is -0.384. The molecule has 17 heavy (non-hydrogen) atoms. The van der Waals surface area contributed by atoms with Crippen molar-refractivity contribution in [2.24, 2.45) is 0 Å². The first-order chi connectivity index (χ1) is 8.17. The topological polar surface area (TPSA) is 59.3 Å². The summed E-state index contributed by atoms with van der Waals surface area (Å²) in [5, 5.41) is 11.9. The van der Waals surface area contributed by atoms with E-state index < -0.39 is 0 Å². The largest absolute Gasteiger partial charge is 0.367 e. The van der Waals surface area contributed by atoms with Gasteiger partial charge in [0.15, 0.2) is 0 Å². The summed E-state index contributed by atoms with van der Waals surface area (Å²) in [6, 6.07) is 3.46. The summed E-state index contributed by atoms with van der Waals surface area (Å²) in [5.41, 5.74) is 0.832. The van der Waals surface area contributed by atoms with E-state index in [4.69, 9.17) is 0 Å². The zero-order valence-electron chi connectivity index (χ0n) is 9.71. The van der Waals surface area contributed by atoms with E-state index in [1.54, 1.807) is 12.3 Å². The third kappa shape index (κ3) is 2.08. The fourth-order valence-electron chi connectivity index (χ4n) is 1.86. The van der Waals surface area contributed by atoms with Crippen LogP contribution in [0, 0.1) is 10.1 Å².